The summed E-state index contributed by atoms with van der Waals surface area (Å²) in [6.07, 6.45) is 1.51. The molecule has 1 aromatic carbocycles. The highest BCUT2D eigenvalue weighted by atomic mass is 35.5. The normalized spacial score (nSPS) is 12.5. The molecule has 0 aliphatic rings. The van der Waals surface area contributed by atoms with E-state index < -0.39 is 6.10 Å². The van der Waals surface area contributed by atoms with Crippen LogP contribution in [0.5, 0.6) is 0 Å². The lowest BCUT2D eigenvalue weighted by Crippen LogP contribution is -2.23. The molecule has 2 aromatic heterocycles. The van der Waals surface area contributed by atoms with Gasteiger partial charge in [-0.15, -0.1) is 0 Å². The number of aryl methyl sites for hydroxylation is 2. The molecule has 2 N–H and O–H groups in total. The first-order chi connectivity index (χ1) is 11.9. The Balaban J connectivity index is 2.02. The molecule has 0 saturated carbocycles. The smallest absolute Gasteiger partial charge is 0.328 e. The Morgan fingerprint density at radius 2 is 2.04 bits per heavy atom. The summed E-state index contributed by atoms with van der Waals surface area (Å²) in [4.78, 5) is 16.4. The van der Waals surface area contributed by atoms with Gasteiger partial charge in [-0.25, -0.2) is 9.78 Å². The van der Waals surface area contributed by atoms with E-state index in [9.17, 15) is 9.90 Å². The lowest BCUT2D eigenvalue weighted by Gasteiger charge is -2.10. The highest BCUT2D eigenvalue weighted by Gasteiger charge is 2.12. The number of nitrogens with one attached hydrogen (secondary N) is 1. The van der Waals surface area contributed by atoms with Crippen LogP contribution in [0.4, 0.5) is 11.4 Å². The Hall–Kier alpha value is -2.02. The number of aliphatic hydroxyl groups excluding tert-OH is 1. The lowest BCUT2D eigenvalue weighted by molar-refractivity contribution is 0.178. The molecule has 6 nitrogen and oxygen atoms in total. The predicted octanol–water partition coefficient (Wildman–Crippen LogP) is 3.56. The van der Waals surface area contributed by atoms with Crippen LogP contribution in [0.3, 0.4) is 0 Å². The van der Waals surface area contributed by atoms with Crippen LogP contribution in [-0.4, -0.2) is 25.3 Å². The van der Waals surface area contributed by atoms with E-state index in [4.69, 9.17) is 23.2 Å². The van der Waals surface area contributed by atoms with E-state index in [1.165, 1.54) is 6.20 Å². The first-order valence-electron chi connectivity index (χ1n) is 7.82. The third-order valence-corrected chi connectivity index (χ3v) is 4.52. The molecule has 3 rings (SSSR count). The van der Waals surface area contributed by atoms with Gasteiger partial charge in [0.25, 0.3) is 0 Å². The van der Waals surface area contributed by atoms with E-state index >= 15 is 0 Å². The van der Waals surface area contributed by atoms with Crippen LogP contribution in [0, 0.1) is 0 Å². The zero-order chi connectivity index (χ0) is 18.1. The second-order valence-corrected chi connectivity index (χ2v) is 6.74. The first kappa shape index (κ1) is 17.8. The topological polar surface area (TPSA) is 72.1 Å². The number of anilines is 2. The van der Waals surface area contributed by atoms with Gasteiger partial charge in [0.2, 0.25) is 0 Å². The van der Waals surface area contributed by atoms with Crippen molar-refractivity contribution in [3.8, 4) is 0 Å². The first-order valence-corrected chi connectivity index (χ1v) is 8.58. The Bertz CT molecular complexity index is 979. The van der Waals surface area contributed by atoms with Crippen molar-refractivity contribution in [2.75, 3.05) is 5.32 Å². The molecular formula is C17H18Cl2N4O2. The van der Waals surface area contributed by atoms with Gasteiger partial charge >= 0.3 is 5.69 Å². The molecule has 8 heteroatoms. The maximum absolute atomic E-state index is 12.4. The van der Waals surface area contributed by atoms with E-state index in [2.05, 4.69) is 10.3 Å². The highest BCUT2D eigenvalue weighted by Crippen LogP contribution is 2.28. The average molecular weight is 381 g/mol. The molecule has 3 aromatic rings. The average Bonchev–Trinajstić information content (AvgIpc) is 2.80. The molecule has 0 saturated heterocycles. The van der Waals surface area contributed by atoms with Gasteiger partial charge in [-0.1, -0.05) is 23.2 Å². The number of hydrogen-bond donors (Lipinski definition) is 2. The molecule has 25 heavy (non-hydrogen) atoms. The van der Waals surface area contributed by atoms with Gasteiger partial charge in [-0.05, 0) is 31.5 Å². The summed E-state index contributed by atoms with van der Waals surface area (Å²) in [5.74, 6) is 0. The van der Waals surface area contributed by atoms with E-state index in [0.717, 1.165) is 16.7 Å². The fraction of sp³-hybridized carbons (Fsp3) is 0.294. The lowest BCUT2D eigenvalue weighted by atomic mass is 10.2. The number of aliphatic hydroxyl groups is 1. The molecule has 0 unspecified atom stereocenters. The zero-order valence-corrected chi connectivity index (χ0v) is 15.3. The number of pyridine rings is 1. The maximum Gasteiger partial charge on any atom is 0.328 e. The van der Waals surface area contributed by atoms with Gasteiger partial charge in [0, 0.05) is 31.5 Å². The molecule has 132 valence electrons. The Kier molecular flexibility index (Phi) is 5.03. The summed E-state index contributed by atoms with van der Waals surface area (Å²) in [7, 11) is 1.73. The molecule has 0 aliphatic heterocycles. The van der Waals surface area contributed by atoms with Crippen LogP contribution in [0.25, 0.3) is 11.0 Å². The van der Waals surface area contributed by atoms with Gasteiger partial charge in [0.15, 0.2) is 0 Å². The van der Waals surface area contributed by atoms with Crippen molar-refractivity contribution in [3.63, 3.8) is 0 Å². The van der Waals surface area contributed by atoms with E-state index in [-0.39, 0.29) is 5.69 Å². The van der Waals surface area contributed by atoms with Gasteiger partial charge in [0.1, 0.15) is 5.15 Å². The van der Waals surface area contributed by atoms with Crippen molar-refractivity contribution in [3.05, 3.63) is 51.1 Å². The molecule has 0 radical (unpaired) electrons. The monoisotopic (exact) mass is 380 g/mol. The van der Waals surface area contributed by atoms with E-state index in [0.29, 0.717) is 28.8 Å². The fourth-order valence-electron chi connectivity index (χ4n) is 2.68. The number of hydrogen-bond acceptors (Lipinski definition) is 4. The van der Waals surface area contributed by atoms with Gasteiger partial charge in [-0.3, -0.25) is 9.13 Å². The molecule has 1 atom stereocenters. The summed E-state index contributed by atoms with van der Waals surface area (Å²) in [5, 5.41) is 13.5. The fourth-order valence-corrected chi connectivity index (χ4v) is 2.99. The summed E-state index contributed by atoms with van der Waals surface area (Å²) in [6, 6.07) is 7.25. The molecule has 0 amide bonds. The maximum atomic E-state index is 12.4. The Labute approximate surface area is 154 Å². The van der Waals surface area contributed by atoms with Crippen molar-refractivity contribution in [2.45, 2.75) is 26.0 Å². The molecule has 0 bridgehead atoms. The highest BCUT2D eigenvalue weighted by molar-refractivity contribution is 6.34. The van der Waals surface area contributed by atoms with Crippen LogP contribution < -0.4 is 11.0 Å². The molecule has 0 spiro atoms. The number of rotatable bonds is 5. The van der Waals surface area contributed by atoms with Crippen molar-refractivity contribution >= 4 is 45.6 Å². The van der Waals surface area contributed by atoms with Crippen LogP contribution in [0.1, 0.15) is 13.3 Å². The number of aromatic nitrogens is 3. The Morgan fingerprint density at radius 3 is 2.76 bits per heavy atom. The molecular weight excluding hydrogens is 363 g/mol. The van der Waals surface area contributed by atoms with Crippen molar-refractivity contribution < 1.29 is 5.11 Å². The van der Waals surface area contributed by atoms with Gasteiger partial charge in [0.05, 0.1) is 27.8 Å². The Morgan fingerprint density at radius 1 is 1.28 bits per heavy atom. The van der Waals surface area contributed by atoms with Gasteiger partial charge in [-0.2, -0.15) is 0 Å². The quantitative estimate of drug-likeness (QED) is 0.663. The van der Waals surface area contributed by atoms with Crippen LogP contribution >= 0.6 is 23.2 Å². The second-order valence-electron chi connectivity index (χ2n) is 5.95. The van der Waals surface area contributed by atoms with E-state index in [1.54, 1.807) is 29.2 Å². The minimum absolute atomic E-state index is 0.113. The van der Waals surface area contributed by atoms with Crippen molar-refractivity contribution in [2.24, 2.45) is 7.05 Å². The number of benzene rings is 1. The SMILES string of the molecule is C[C@@H](O)CCn1c(=O)n(C)c2ccc(Nc3cc(Cl)ncc3Cl)cc21. The third kappa shape index (κ3) is 3.66. The number of nitrogens with zero attached hydrogens (tertiary/aromatic N) is 3. The number of fused-ring (bicyclic) bond motifs is 1. The number of imidazole rings is 1. The van der Waals surface area contributed by atoms with Crippen molar-refractivity contribution in [1.82, 2.24) is 14.1 Å². The molecule has 2 heterocycles. The summed E-state index contributed by atoms with van der Waals surface area (Å²) in [5.41, 5.74) is 2.90. The third-order valence-electron chi connectivity index (χ3n) is 4.02. The van der Waals surface area contributed by atoms with Crippen LogP contribution in [-0.2, 0) is 13.6 Å². The summed E-state index contributed by atoms with van der Waals surface area (Å²) in [6.45, 7) is 2.15. The van der Waals surface area contributed by atoms with E-state index in [1.807, 2.05) is 18.2 Å². The largest absolute Gasteiger partial charge is 0.393 e. The zero-order valence-electron chi connectivity index (χ0n) is 13.8. The standard InChI is InChI=1S/C17H18Cl2N4O2/c1-10(24)5-6-23-15-7-11(3-4-14(15)22(2)17(23)25)21-13-8-16(19)20-9-12(13)18/h3-4,7-10,24H,5-6H2,1-2H3,(H,20,21)/t10-/m1/s1. The summed E-state index contributed by atoms with van der Waals surface area (Å²) < 4.78 is 3.26. The van der Waals surface area contributed by atoms with Gasteiger partial charge < -0.3 is 10.4 Å². The predicted molar refractivity (Wildman–Crippen MR) is 101 cm³/mol. The summed E-state index contributed by atoms with van der Waals surface area (Å²) >= 11 is 12.1. The van der Waals surface area contributed by atoms with Crippen LogP contribution in [0.2, 0.25) is 10.2 Å². The molecule has 0 aliphatic carbocycles. The van der Waals surface area contributed by atoms with Crippen LogP contribution in [0.15, 0.2) is 35.3 Å². The number of halogens is 2. The second kappa shape index (κ2) is 7.07. The van der Waals surface area contributed by atoms with Crippen molar-refractivity contribution in [1.29, 1.82) is 0 Å². The molecule has 0 fully saturated rings. The minimum atomic E-state index is -0.471. The minimum Gasteiger partial charge on any atom is -0.393 e.